The minimum absolute atomic E-state index is 0.00987. The maximum atomic E-state index is 12.8. The van der Waals surface area contributed by atoms with Gasteiger partial charge in [-0.25, -0.2) is 0 Å². The molecule has 0 bridgehead atoms. The van der Waals surface area contributed by atoms with Crippen molar-refractivity contribution < 1.29 is 28.8 Å². The monoisotopic (exact) mass is 318 g/mol. The predicted molar refractivity (Wildman–Crippen MR) is 83.0 cm³/mol. The molecule has 120 valence electrons. The highest BCUT2D eigenvalue weighted by Gasteiger charge is 2.22. The Morgan fingerprint density at radius 3 is 2.09 bits per heavy atom. The molecule has 0 amide bonds. The molecule has 7 nitrogen and oxygen atoms in total. The lowest BCUT2D eigenvalue weighted by molar-refractivity contribution is 0.335. The molecule has 0 fully saturated rings. The van der Waals surface area contributed by atoms with Gasteiger partial charge in [0.25, 0.3) is 0 Å². The molecule has 3 rings (SSSR count). The SMILES string of the molecule is COc1cc(O)c2c(=O)c3c(OC)c(OC)c(O)cc3oc2c1. The molecule has 1 heterocycles. The molecule has 3 aromatic rings. The number of hydrogen-bond donors (Lipinski definition) is 2. The lowest BCUT2D eigenvalue weighted by Crippen LogP contribution is -2.06. The van der Waals surface area contributed by atoms with Crippen molar-refractivity contribution in [3.8, 4) is 28.7 Å². The molecule has 0 atom stereocenters. The standard InChI is InChI=1S/C16H14O7/c1-20-7-4-8(17)12-10(5-7)23-11-6-9(18)15(21-2)16(22-3)13(11)14(12)19/h4-6,17-18H,1-3H3. The third kappa shape index (κ3) is 2.09. The quantitative estimate of drug-likeness (QED) is 0.715. The number of methoxy groups -OCH3 is 3. The number of hydrogen-bond acceptors (Lipinski definition) is 7. The maximum absolute atomic E-state index is 12.8. The zero-order chi connectivity index (χ0) is 16.7. The van der Waals surface area contributed by atoms with Gasteiger partial charge in [0.05, 0.1) is 21.3 Å². The van der Waals surface area contributed by atoms with Crippen LogP contribution >= 0.6 is 0 Å². The van der Waals surface area contributed by atoms with Gasteiger partial charge < -0.3 is 28.8 Å². The van der Waals surface area contributed by atoms with Gasteiger partial charge in [0.2, 0.25) is 11.2 Å². The van der Waals surface area contributed by atoms with E-state index in [2.05, 4.69) is 0 Å². The number of ether oxygens (including phenoxy) is 3. The first-order chi connectivity index (χ1) is 11.0. The minimum Gasteiger partial charge on any atom is -0.507 e. The van der Waals surface area contributed by atoms with Crippen molar-refractivity contribution in [3.63, 3.8) is 0 Å². The molecule has 0 aliphatic rings. The molecule has 23 heavy (non-hydrogen) atoms. The van der Waals surface area contributed by atoms with Crippen molar-refractivity contribution >= 4 is 21.9 Å². The van der Waals surface area contributed by atoms with Crippen molar-refractivity contribution in [2.75, 3.05) is 21.3 Å². The van der Waals surface area contributed by atoms with Crippen LogP contribution in [0.3, 0.4) is 0 Å². The Bertz CT molecular complexity index is 972. The third-order valence-corrected chi connectivity index (χ3v) is 3.55. The van der Waals surface area contributed by atoms with Crippen LogP contribution in [0.5, 0.6) is 28.7 Å². The largest absolute Gasteiger partial charge is 0.507 e. The summed E-state index contributed by atoms with van der Waals surface area (Å²) in [5.41, 5.74) is -0.271. The molecule has 0 saturated carbocycles. The van der Waals surface area contributed by atoms with E-state index in [0.29, 0.717) is 5.75 Å². The van der Waals surface area contributed by atoms with E-state index in [4.69, 9.17) is 18.6 Å². The van der Waals surface area contributed by atoms with Crippen LogP contribution in [0.25, 0.3) is 21.9 Å². The first-order valence-electron chi connectivity index (χ1n) is 6.63. The van der Waals surface area contributed by atoms with E-state index in [1.165, 1.54) is 39.5 Å². The summed E-state index contributed by atoms with van der Waals surface area (Å²) < 4.78 is 20.9. The highest BCUT2D eigenvalue weighted by molar-refractivity contribution is 5.98. The fraction of sp³-hybridized carbons (Fsp3) is 0.188. The Morgan fingerprint density at radius 2 is 1.48 bits per heavy atom. The van der Waals surface area contributed by atoms with Crippen molar-refractivity contribution in [3.05, 3.63) is 28.4 Å². The Morgan fingerprint density at radius 1 is 0.826 bits per heavy atom. The molecule has 0 unspecified atom stereocenters. The topological polar surface area (TPSA) is 98.4 Å². The number of aromatic hydroxyl groups is 2. The van der Waals surface area contributed by atoms with Gasteiger partial charge in [0, 0.05) is 18.2 Å². The van der Waals surface area contributed by atoms with Crippen LogP contribution in [0.4, 0.5) is 0 Å². The molecule has 0 spiro atoms. The normalized spacial score (nSPS) is 10.9. The summed E-state index contributed by atoms with van der Waals surface area (Å²) in [6.45, 7) is 0. The van der Waals surface area contributed by atoms with Crippen molar-refractivity contribution in [2.45, 2.75) is 0 Å². The molecule has 7 heteroatoms. The first-order valence-corrected chi connectivity index (χ1v) is 6.63. The Balaban J connectivity index is 2.56. The van der Waals surface area contributed by atoms with E-state index in [-0.39, 0.29) is 44.9 Å². The maximum Gasteiger partial charge on any atom is 0.208 e. The highest BCUT2D eigenvalue weighted by Crippen LogP contribution is 2.43. The van der Waals surface area contributed by atoms with Gasteiger partial charge in [-0.15, -0.1) is 0 Å². The van der Waals surface area contributed by atoms with Gasteiger partial charge in [0.15, 0.2) is 11.5 Å². The summed E-state index contributed by atoms with van der Waals surface area (Å²) in [4.78, 5) is 12.8. The molecule has 2 N–H and O–H groups in total. The van der Waals surface area contributed by atoms with Crippen LogP contribution < -0.4 is 19.6 Å². The zero-order valence-corrected chi connectivity index (χ0v) is 12.7. The summed E-state index contributed by atoms with van der Waals surface area (Å²) in [5.74, 6) is -0.120. The number of phenols is 2. The van der Waals surface area contributed by atoms with Gasteiger partial charge in [0.1, 0.15) is 33.4 Å². The Hall–Kier alpha value is -3.09. The van der Waals surface area contributed by atoms with Gasteiger partial charge in [-0.1, -0.05) is 0 Å². The van der Waals surface area contributed by atoms with Crippen LogP contribution in [0.15, 0.2) is 27.4 Å². The zero-order valence-electron chi connectivity index (χ0n) is 12.7. The van der Waals surface area contributed by atoms with Gasteiger partial charge in [-0.05, 0) is 0 Å². The van der Waals surface area contributed by atoms with Crippen LogP contribution in [0, 0.1) is 0 Å². The molecular weight excluding hydrogens is 304 g/mol. The minimum atomic E-state index is -0.503. The predicted octanol–water partition coefficient (Wildman–Crippen LogP) is 2.38. The number of benzene rings is 2. The fourth-order valence-corrected chi connectivity index (χ4v) is 2.54. The van der Waals surface area contributed by atoms with Crippen LogP contribution in [-0.4, -0.2) is 31.5 Å². The highest BCUT2D eigenvalue weighted by atomic mass is 16.5. The average molecular weight is 318 g/mol. The van der Waals surface area contributed by atoms with E-state index in [1.807, 2.05) is 0 Å². The van der Waals surface area contributed by atoms with E-state index in [1.54, 1.807) is 0 Å². The third-order valence-electron chi connectivity index (χ3n) is 3.55. The summed E-state index contributed by atoms with van der Waals surface area (Å²) >= 11 is 0. The van der Waals surface area contributed by atoms with Crippen LogP contribution in [-0.2, 0) is 0 Å². The molecule has 0 radical (unpaired) electrons. The molecule has 1 aromatic heterocycles. The second-order valence-electron chi connectivity index (χ2n) is 4.79. The van der Waals surface area contributed by atoms with E-state index in [9.17, 15) is 15.0 Å². The second-order valence-corrected chi connectivity index (χ2v) is 4.79. The summed E-state index contributed by atoms with van der Waals surface area (Å²) in [6, 6.07) is 4.05. The molecule has 0 aliphatic carbocycles. The molecular formula is C16H14O7. The Kier molecular flexibility index (Phi) is 3.40. The average Bonchev–Trinajstić information content (AvgIpc) is 2.52. The van der Waals surface area contributed by atoms with Crippen molar-refractivity contribution in [2.24, 2.45) is 0 Å². The van der Waals surface area contributed by atoms with Crippen molar-refractivity contribution in [1.29, 1.82) is 0 Å². The van der Waals surface area contributed by atoms with Gasteiger partial charge in [-0.2, -0.15) is 0 Å². The number of fused-ring (bicyclic) bond motifs is 2. The lowest BCUT2D eigenvalue weighted by atomic mass is 10.1. The first kappa shape index (κ1) is 14.8. The number of rotatable bonds is 3. The molecule has 0 saturated heterocycles. The van der Waals surface area contributed by atoms with Crippen molar-refractivity contribution in [1.82, 2.24) is 0 Å². The fourth-order valence-electron chi connectivity index (χ4n) is 2.54. The van der Waals surface area contributed by atoms with Crippen LogP contribution in [0.1, 0.15) is 0 Å². The van der Waals surface area contributed by atoms with Gasteiger partial charge in [-0.3, -0.25) is 4.79 Å². The Labute approximate surface area is 130 Å². The summed E-state index contributed by atoms with van der Waals surface area (Å²) in [5, 5.41) is 20.2. The summed E-state index contributed by atoms with van der Waals surface area (Å²) in [6.07, 6.45) is 0. The van der Waals surface area contributed by atoms with E-state index in [0.717, 1.165) is 0 Å². The lowest BCUT2D eigenvalue weighted by Gasteiger charge is -2.12. The van der Waals surface area contributed by atoms with E-state index < -0.39 is 5.43 Å². The van der Waals surface area contributed by atoms with E-state index >= 15 is 0 Å². The van der Waals surface area contributed by atoms with Crippen LogP contribution in [0.2, 0.25) is 0 Å². The smallest absolute Gasteiger partial charge is 0.208 e. The molecule has 0 aliphatic heterocycles. The second kappa shape index (κ2) is 5.28. The number of phenolic OH excluding ortho intramolecular Hbond substituents is 2. The molecule has 2 aromatic carbocycles. The van der Waals surface area contributed by atoms with Gasteiger partial charge >= 0.3 is 0 Å². The summed E-state index contributed by atoms with van der Waals surface area (Å²) in [7, 11) is 4.11.